The number of aromatic nitrogens is 5. The standard InChI is InChI=1S/C67H43F6N5/c1-40-31-47(35-49(33-40)66(68,69)70)44-25-28-53-54-29-26-45(48-32-41(2)34-50(36-48)67(71,72)73)39-61(54)78(60(53)38-44)58-30-27-46(52-22-14-24-59-62(52)55-21-12-13-23-57(55)77(59)51-19-10-5-11-20-51)37-56(58)65-75-63(42-15-6-3-7-16-42)74-64(76-65)43-17-8-4-9-18-43/h3-39H,1-2H3. The van der Waals surface area contributed by atoms with E-state index in [-0.39, 0.29) is 0 Å². The molecule has 78 heavy (non-hydrogen) atoms. The molecule has 0 radical (unpaired) electrons. The van der Waals surface area contributed by atoms with Gasteiger partial charge in [0.2, 0.25) is 0 Å². The lowest BCUT2D eigenvalue weighted by Gasteiger charge is -2.17. The van der Waals surface area contributed by atoms with Crippen LogP contribution < -0.4 is 0 Å². The molecule has 0 aliphatic carbocycles. The third kappa shape index (κ3) is 8.53. The second-order valence-corrected chi connectivity index (χ2v) is 19.6. The summed E-state index contributed by atoms with van der Waals surface area (Å²) in [4.78, 5) is 15.6. The fourth-order valence-electron chi connectivity index (χ4n) is 11.0. The molecule has 13 aromatic rings. The number of hydrogen-bond acceptors (Lipinski definition) is 3. The van der Waals surface area contributed by atoms with Crippen LogP contribution in [0.4, 0.5) is 26.3 Å². The average molecular weight is 1030 g/mol. The van der Waals surface area contributed by atoms with Crippen LogP contribution in [0.3, 0.4) is 0 Å². The lowest BCUT2D eigenvalue weighted by atomic mass is 9.96. The summed E-state index contributed by atoms with van der Waals surface area (Å²) in [5.41, 5.74) is 9.99. The Balaban J connectivity index is 1.14. The van der Waals surface area contributed by atoms with Gasteiger partial charge < -0.3 is 9.13 Å². The molecular formula is C67H43F6N5. The topological polar surface area (TPSA) is 48.5 Å². The second-order valence-electron chi connectivity index (χ2n) is 19.6. The lowest BCUT2D eigenvalue weighted by molar-refractivity contribution is -0.138. The molecular weight excluding hydrogens is 989 g/mol. The fraction of sp³-hybridized carbons (Fsp3) is 0.0597. The predicted molar refractivity (Wildman–Crippen MR) is 301 cm³/mol. The summed E-state index contributed by atoms with van der Waals surface area (Å²) in [6.45, 7) is 3.28. The number of nitrogens with zero attached hydrogens (tertiary/aromatic N) is 5. The zero-order valence-corrected chi connectivity index (χ0v) is 41.9. The molecule has 5 nitrogen and oxygen atoms in total. The maximum Gasteiger partial charge on any atom is 0.416 e. The van der Waals surface area contributed by atoms with Gasteiger partial charge in [0.1, 0.15) is 0 Å². The van der Waals surface area contributed by atoms with Gasteiger partial charge in [0.05, 0.1) is 38.9 Å². The Kier molecular flexibility index (Phi) is 11.5. The first-order valence-electron chi connectivity index (χ1n) is 25.3. The van der Waals surface area contributed by atoms with E-state index in [9.17, 15) is 26.3 Å². The molecule has 0 aliphatic rings. The zero-order valence-electron chi connectivity index (χ0n) is 41.9. The fourth-order valence-corrected chi connectivity index (χ4v) is 11.0. The second kappa shape index (κ2) is 18.6. The van der Waals surface area contributed by atoms with Crippen molar-refractivity contribution in [2.45, 2.75) is 26.2 Å². The van der Waals surface area contributed by atoms with Gasteiger partial charge in [-0.15, -0.1) is 0 Å². The minimum Gasteiger partial charge on any atom is -0.309 e. The average Bonchev–Trinajstić information content (AvgIpc) is 4.13. The zero-order chi connectivity index (χ0) is 53.5. The Labute approximate surface area is 444 Å². The van der Waals surface area contributed by atoms with Crippen molar-refractivity contribution in [3.8, 4) is 78.9 Å². The SMILES string of the molecule is Cc1cc(-c2ccc3c4ccc(-c5cc(C)cc(C(F)(F)F)c5)cc4n(-c4ccc(-c5cccc6c5c5ccccc5n6-c5ccccc5)cc4-c4nc(-c5ccccc5)nc(-c5ccccc5)n4)c3c2)cc(C(F)(F)F)c1. The van der Waals surface area contributed by atoms with Crippen LogP contribution in [0.25, 0.3) is 123 Å². The molecule has 0 saturated heterocycles. The summed E-state index contributed by atoms with van der Waals surface area (Å²) < 4.78 is 90.9. The quantitative estimate of drug-likeness (QED) is 0.143. The van der Waals surface area contributed by atoms with Gasteiger partial charge in [-0.3, -0.25) is 0 Å². The highest BCUT2D eigenvalue weighted by molar-refractivity contribution is 6.16. The van der Waals surface area contributed by atoms with E-state index < -0.39 is 23.5 Å². The van der Waals surface area contributed by atoms with E-state index >= 15 is 0 Å². The Bertz CT molecular complexity index is 4300. The van der Waals surface area contributed by atoms with E-state index in [2.05, 4.69) is 59.2 Å². The van der Waals surface area contributed by atoms with Crippen molar-refractivity contribution in [2.24, 2.45) is 0 Å². The van der Waals surface area contributed by atoms with Gasteiger partial charge in [-0.25, -0.2) is 15.0 Å². The molecule has 11 heteroatoms. The lowest BCUT2D eigenvalue weighted by Crippen LogP contribution is -2.05. The molecule has 0 amide bonds. The van der Waals surface area contributed by atoms with Crippen LogP contribution in [0.5, 0.6) is 0 Å². The maximum atomic E-state index is 14.4. The van der Waals surface area contributed by atoms with Crippen LogP contribution in [-0.4, -0.2) is 24.1 Å². The number of hydrogen-bond donors (Lipinski definition) is 0. The first-order chi connectivity index (χ1) is 37.7. The first kappa shape index (κ1) is 48.1. The van der Waals surface area contributed by atoms with Crippen molar-refractivity contribution in [2.75, 3.05) is 0 Å². The van der Waals surface area contributed by atoms with Crippen LogP contribution in [0, 0.1) is 13.8 Å². The van der Waals surface area contributed by atoms with Crippen molar-refractivity contribution >= 4 is 43.6 Å². The first-order valence-corrected chi connectivity index (χ1v) is 25.3. The molecule has 13 rings (SSSR count). The summed E-state index contributed by atoms with van der Waals surface area (Å²) in [6.07, 6.45) is -9.17. The van der Waals surface area contributed by atoms with E-state index in [1.807, 2.05) is 138 Å². The van der Waals surface area contributed by atoms with Gasteiger partial charge in [0.15, 0.2) is 17.5 Å². The monoisotopic (exact) mass is 1030 g/mol. The molecule has 3 aromatic heterocycles. The number of rotatable bonds is 8. The third-order valence-corrected chi connectivity index (χ3v) is 14.4. The van der Waals surface area contributed by atoms with Gasteiger partial charge in [-0.1, -0.05) is 152 Å². The van der Waals surface area contributed by atoms with Crippen LogP contribution in [-0.2, 0) is 12.4 Å². The van der Waals surface area contributed by atoms with Crippen LogP contribution >= 0.6 is 0 Å². The van der Waals surface area contributed by atoms with E-state index in [4.69, 9.17) is 15.0 Å². The van der Waals surface area contributed by atoms with Crippen LogP contribution in [0.1, 0.15) is 22.3 Å². The largest absolute Gasteiger partial charge is 0.416 e. The summed E-state index contributed by atoms with van der Waals surface area (Å²) in [5.74, 6) is 1.19. The minimum atomic E-state index is -4.59. The Morgan fingerprint density at radius 3 is 1.36 bits per heavy atom. The van der Waals surface area contributed by atoms with Crippen molar-refractivity contribution in [1.29, 1.82) is 0 Å². The molecule has 0 bridgehead atoms. The number of alkyl halides is 6. The highest BCUT2D eigenvalue weighted by atomic mass is 19.4. The molecule has 378 valence electrons. The van der Waals surface area contributed by atoms with Crippen molar-refractivity contribution in [3.63, 3.8) is 0 Å². The van der Waals surface area contributed by atoms with Crippen LogP contribution in [0.15, 0.2) is 224 Å². The smallest absolute Gasteiger partial charge is 0.309 e. The Morgan fingerprint density at radius 1 is 0.321 bits per heavy atom. The van der Waals surface area contributed by atoms with Gasteiger partial charge in [-0.05, 0) is 131 Å². The number of aryl methyl sites for hydroxylation is 2. The number of fused-ring (bicyclic) bond motifs is 6. The van der Waals surface area contributed by atoms with Crippen molar-refractivity contribution in [3.05, 3.63) is 247 Å². The third-order valence-electron chi connectivity index (χ3n) is 14.4. The summed E-state index contributed by atoms with van der Waals surface area (Å²) >= 11 is 0. The molecule has 0 aliphatic heterocycles. The predicted octanol–water partition coefficient (Wildman–Crippen LogP) is 18.7. The molecule has 0 N–H and O–H groups in total. The van der Waals surface area contributed by atoms with Crippen molar-refractivity contribution < 1.29 is 26.3 Å². The highest BCUT2D eigenvalue weighted by Gasteiger charge is 2.33. The van der Waals surface area contributed by atoms with Gasteiger partial charge >= 0.3 is 12.4 Å². The Hall–Kier alpha value is -9.61. The maximum absolute atomic E-state index is 14.4. The summed E-state index contributed by atoms with van der Waals surface area (Å²) in [6, 6.07) is 69.5. The molecule has 0 fully saturated rings. The molecule has 0 saturated carbocycles. The molecule has 0 unspecified atom stereocenters. The number of halogens is 6. The normalized spacial score (nSPS) is 12.1. The highest BCUT2D eigenvalue weighted by Crippen LogP contribution is 2.45. The van der Waals surface area contributed by atoms with Crippen molar-refractivity contribution in [1.82, 2.24) is 24.1 Å². The Morgan fingerprint density at radius 2 is 0.808 bits per heavy atom. The van der Waals surface area contributed by atoms with Crippen LogP contribution in [0.2, 0.25) is 0 Å². The summed E-state index contributed by atoms with van der Waals surface area (Å²) in [7, 11) is 0. The minimum absolute atomic E-state index is 0.336. The molecule has 0 atom stereocenters. The van der Waals surface area contributed by atoms with E-state index in [1.54, 1.807) is 26.0 Å². The van der Waals surface area contributed by atoms with Gasteiger partial charge in [-0.2, -0.15) is 26.3 Å². The van der Waals surface area contributed by atoms with E-state index in [0.29, 0.717) is 73.1 Å². The number of benzene rings is 10. The molecule has 3 heterocycles. The molecule has 10 aromatic carbocycles. The molecule has 0 spiro atoms. The van der Waals surface area contributed by atoms with Gasteiger partial charge in [0.25, 0.3) is 0 Å². The van der Waals surface area contributed by atoms with E-state index in [0.717, 1.165) is 84.8 Å². The van der Waals surface area contributed by atoms with Gasteiger partial charge in [0, 0.05) is 43.9 Å². The van der Waals surface area contributed by atoms with E-state index in [1.165, 1.54) is 0 Å². The number of para-hydroxylation sites is 2. The summed E-state index contributed by atoms with van der Waals surface area (Å²) in [5, 5.41) is 3.61.